The molecule has 178 valence electrons. The zero-order valence-corrected chi connectivity index (χ0v) is 21.1. The van der Waals surface area contributed by atoms with E-state index in [1.807, 2.05) is 0 Å². The third-order valence-corrected chi connectivity index (χ3v) is 6.21. The van der Waals surface area contributed by atoms with Crippen molar-refractivity contribution in [3.63, 3.8) is 0 Å². The molecule has 9 nitrogen and oxygen atoms in total. The van der Waals surface area contributed by atoms with Crippen LogP contribution in [0.25, 0.3) is 0 Å². The second-order valence-corrected chi connectivity index (χ2v) is 9.90. The van der Waals surface area contributed by atoms with Crippen molar-refractivity contribution in [3.8, 4) is 5.75 Å². The number of halogens is 2. The monoisotopic (exact) mass is 539 g/mol. The second-order valence-electron chi connectivity index (χ2n) is 6.97. The third-order valence-electron chi connectivity index (χ3n) is 4.14. The molecule has 1 heterocycles. The number of sulfonamides is 1. The molecule has 3 N–H and O–H groups in total. The van der Waals surface area contributed by atoms with E-state index >= 15 is 0 Å². The van der Waals surface area contributed by atoms with Crippen LogP contribution in [-0.2, 0) is 14.8 Å². The number of hydrogen-bond acceptors (Lipinski definition) is 7. The van der Waals surface area contributed by atoms with E-state index in [1.165, 1.54) is 30.3 Å². The average Bonchev–Trinajstić information content (AvgIpc) is 2.72. The largest absolute Gasteiger partial charge is 0.482 e. The number of nitrogens with one attached hydrogen (secondary N) is 3. The summed E-state index contributed by atoms with van der Waals surface area (Å²) in [5, 5.41) is 5.98. The number of aryl methyl sites for hydroxylation is 2. The molecule has 0 aliphatic carbocycles. The van der Waals surface area contributed by atoms with Crippen LogP contribution >= 0.6 is 35.4 Å². The minimum atomic E-state index is -3.89. The maximum atomic E-state index is 12.6. The van der Waals surface area contributed by atoms with Gasteiger partial charge in [0.2, 0.25) is 5.95 Å². The van der Waals surface area contributed by atoms with Gasteiger partial charge in [-0.3, -0.25) is 10.1 Å². The van der Waals surface area contributed by atoms with E-state index in [1.54, 1.807) is 32.0 Å². The van der Waals surface area contributed by atoms with E-state index < -0.39 is 15.9 Å². The van der Waals surface area contributed by atoms with Gasteiger partial charge in [-0.15, -0.1) is 0 Å². The van der Waals surface area contributed by atoms with Crippen molar-refractivity contribution in [1.82, 2.24) is 15.3 Å². The first-order valence-electron chi connectivity index (χ1n) is 9.66. The maximum Gasteiger partial charge on any atom is 0.264 e. The molecule has 0 unspecified atom stereocenters. The van der Waals surface area contributed by atoms with Gasteiger partial charge in [-0.2, -0.15) is 0 Å². The second kappa shape index (κ2) is 11.0. The number of carbonyl (C=O) groups is 1. The lowest BCUT2D eigenvalue weighted by Crippen LogP contribution is -2.37. The lowest BCUT2D eigenvalue weighted by molar-refractivity contribution is -0.121. The molecule has 2 aromatic carbocycles. The van der Waals surface area contributed by atoms with Gasteiger partial charge in [0.15, 0.2) is 11.7 Å². The van der Waals surface area contributed by atoms with Crippen LogP contribution < -0.4 is 20.1 Å². The summed E-state index contributed by atoms with van der Waals surface area (Å²) in [5.41, 5.74) is 1.75. The van der Waals surface area contributed by atoms with Crippen LogP contribution in [0.3, 0.4) is 0 Å². The van der Waals surface area contributed by atoms with Gasteiger partial charge >= 0.3 is 0 Å². The Hall–Kier alpha value is -2.99. The van der Waals surface area contributed by atoms with Crippen LogP contribution in [-0.4, -0.2) is 36.0 Å². The molecule has 0 aliphatic rings. The van der Waals surface area contributed by atoms with Crippen molar-refractivity contribution in [2.24, 2.45) is 0 Å². The Morgan fingerprint density at radius 3 is 2.29 bits per heavy atom. The molecule has 3 rings (SSSR count). The zero-order valence-electron chi connectivity index (χ0n) is 17.9. The quantitative estimate of drug-likeness (QED) is 0.383. The summed E-state index contributed by atoms with van der Waals surface area (Å²) in [5.74, 6) is -0.220. The van der Waals surface area contributed by atoms with Crippen molar-refractivity contribution in [3.05, 3.63) is 70.0 Å². The molecule has 0 atom stereocenters. The van der Waals surface area contributed by atoms with E-state index in [2.05, 4.69) is 25.3 Å². The van der Waals surface area contributed by atoms with Crippen LogP contribution in [0.2, 0.25) is 10.0 Å². The van der Waals surface area contributed by atoms with Gasteiger partial charge < -0.3 is 10.1 Å². The molecule has 0 spiro atoms. The van der Waals surface area contributed by atoms with Crippen molar-refractivity contribution >= 4 is 68.1 Å². The number of rotatable bonds is 7. The van der Waals surface area contributed by atoms with Gasteiger partial charge in [-0.1, -0.05) is 23.2 Å². The smallest absolute Gasteiger partial charge is 0.264 e. The highest BCUT2D eigenvalue weighted by Gasteiger charge is 2.16. The van der Waals surface area contributed by atoms with Crippen LogP contribution in [0.4, 0.5) is 11.6 Å². The molecule has 0 saturated carbocycles. The average molecular weight is 540 g/mol. The predicted octanol–water partition coefficient (Wildman–Crippen LogP) is 4.09. The number of anilines is 2. The Labute approximate surface area is 211 Å². The van der Waals surface area contributed by atoms with Gasteiger partial charge in [0, 0.05) is 22.1 Å². The fourth-order valence-corrected chi connectivity index (χ4v) is 4.37. The van der Waals surface area contributed by atoms with Crippen molar-refractivity contribution in [2.75, 3.05) is 16.6 Å². The summed E-state index contributed by atoms with van der Waals surface area (Å²) in [6.07, 6.45) is 0. The van der Waals surface area contributed by atoms with Crippen LogP contribution in [0.5, 0.6) is 5.75 Å². The zero-order chi connectivity index (χ0) is 24.9. The molecule has 1 aromatic heterocycles. The number of carbonyl (C=O) groups excluding carboxylic acids is 1. The number of benzene rings is 2. The van der Waals surface area contributed by atoms with Crippen molar-refractivity contribution in [1.29, 1.82) is 0 Å². The number of aromatic nitrogens is 2. The Bertz CT molecular complexity index is 1320. The summed E-state index contributed by atoms with van der Waals surface area (Å²) in [7, 11) is -3.89. The van der Waals surface area contributed by atoms with E-state index in [9.17, 15) is 13.2 Å². The van der Waals surface area contributed by atoms with Crippen molar-refractivity contribution < 1.29 is 17.9 Å². The molecule has 0 fully saturated rings. The molecular weight excluding hydrogens is 521 g/mol. The van der Waals surface area contributed by atoms with Crippen molar-refractivity contribution in [2.45, 2.75) is 18.7 Å². The summed E-state index contributed by atoms with van der Waals surface area (Å²) in [6, 6.07) is 12.1. The number of hydrogen-bond donors (Lipinski definition) is 3. The Morgan fingerprint density at radius 2 is 1.68 bits per heavy atom. The summed E-state index contributed by atoms with van der Waals surface area (Å²) in [4.78, 5) is 20.2. The minimum Gasteiger partial charge on any atom is -0.482 e. The summed E-state index contributed by atoms with van der Waals surface area (Å²) < 4.78 is 32.9. The van der Waals surface area contributed by atoms with Crippen LogP contribution in [0, 0.1) is 13.8 Å². The minimum absolute atomic E-state index is 0.00371. The Kier molecular flexibility index (Phi) is 8.26. The molecule has 3 aromatic rings. The normalized spacial score (nSPS) is 10.9. The SMILES string of the molecule is Cc1cc(C)nc(NS(=O)(=O)c2ccc(NC(=S)NC(=O)COc3ccc(Cl)cc3Cl)cc2)n1. The number of thiocarbonyl (C=S) groups is 1. The van der Waals surface area contributed by atoms with Gasteiger partial charge in [0.05, 0.1) is 9.92 Å². The molecule has 13 heteroatoms. The Balaban J connectivity index is 1.55. The predicted molar refractivity (Wildman–Crippen MR) is 135 cm³/mol. The lowest BCUT2D eigenvalue weighted by Gasteiger charge is -2.12. The van der Waals surface area contributed by atoms with E-state index in [4.69, 9.17) is 40.2 Å². The van der Waals surface area contributed by atoms with E-state index in [-0.39, 0.29) is 27.6 Å². The van der Waals surface area contributed by atoms with Crippen LogP contribution in [0.1, 0.15) is 11.4 Å². The highest BCUT2D eigenvalue weighted by Crippen LogP contribution is 2.27. The standard InChI is InChI=1S/C21H19Cl2N5O4S2/c1-12-9-13(2)25-20(24-12)28-34(30,31)16-6-4-15(5-7-16)26-21(33)27-19(29)11-32-18-8-3-14(22)10-17(18)23/h3-10H,11H2,1-2H3,(H,24,25,28)(H2,26,27,29,33). The maximum absolute atomic E-state index is 12.6. The van der Waals surface area contributed by atoms with Gasteiger partial charge in [0.25, 0.3) is 15.9 Å². The molecule has 0 saturated heterocycles. The summed E-state index contributed by atoms with van der Waals surface area (Å²) in [6.45, 7) is 3.16. The topological polar surface area (TPSA) is 122 Å². The van der Waals surface area contributed by atoms with Crippen LogP contribution in [0.15, 0.2) is 53.4 Å². The van der Waals surface area contributed by atoms with Gasteiger partial charge in [0.1, 0.15) is 5.75 Å². The first kappa shape index (κ1) is 25.6. The molecule has 0 aliphatic heterocycles. The number of amides is 1. The first-order valence-corrected chi connectivity index (χ1v) is 12.3. The fraction of sp³-hybridized carbons (Fsp3) is 0.143. The first-order chi connectivity index (χ1) is 16.0. The fourth-order valence-electron chi connectivity index (χ4n) is 2.73. The van der Waals surface area contributed by atoms with E-state index in [0.29, 0.717) is 27.8 Å². The highest BCUT2D eigenvalue weighted by molar-refractivity contribution is 7.92. The van der Waals surface area contributed by atoms with E-state index in [0.717, 1.165) is 0 Å². The number of ether oxygens (including phenoxy) is 1. The number of nitrogens with zero attached hydrogens (tertiary/aromatic N) is 2. The molecule has 34 heavy (non-hydrogen) atoms. The highest BCUT2D eigenvalue weighted by atomic mass is 35.5. The Morgan fingerprint density at radius 1 is 1.03 bits per heavy atom. The summed E-state index contributed by atoms with van der Waals surface area (Å²) >= 11 is 16.9. The molecular formula is C21H19Cl2N5O4S2. The lowest BCUT2D eigenvalue weighted by atomic mass is 10.3. The van der Waals surface area contributed by atoms with Gasteiger partial charge in [-0.05, 0) is 74.6 Å². The molecule has 0 radical (unpaired) electrons. The third kappa shape index (κ3) is 7.26. The molecule has 1 amide bonds. The van der Waals surface area contributed by atoms with Gasteiger partial charge in [-0.25, -0.2) is 23.1 Å². The molecule has 0 bridgehead atoms.